The Kier molecular flexibility index (Phi) is 3.79. The van der Waals surface area contributed by atoms with Crippen LogP contribution >= 0.6 is 0 Å². The number of ether oxygens (including phenoxy) is 1. The first kappa shape index (κ1) is 13.5. The van der Waals surface area contributed by atoms with Crippen LogP contribution in [-0.4, -0.2) is 16.9 Å². The lowest BCUT2D eigenvalue weighted by molar-refractivity contribution is 0.407. The Morgan fingerprint density at radius 1 is 1.32 bits per heavy atom. The summed E-state index contributed by atoms with van der Waals surface area (Å²) >= 11 is 0. The molecule has 0 saturated carbocycles. The number of nitrogens with zero attached hydrogens (tertiary/aromatic N) is 2. The molecular formula is C15H21N3O. The largest absolute Gasteiger partial charge is 0.496 e. The van der Waals surface area contributed by atoms with E-state index in [0.29, 0.717) is 6.54 Å². The number of aromatic nitrogens is 2. The maximum atomic E-state index is 5.85. The minimum atomic E-state index is 0.681. The first-order valence-corrected chi connectivity index (χ1v) is 6.52. The molecule has 2 aromatic rings. The Bertz CT molecular complexity index is 587. The van der Waals surface area contributed by atoms with Crippen LogP contribution in [0.4, 0.5) is 5.69 Å². The van der Waals surface area contributed by atoms with Crippen LogP contribution in [0.25, 0.3) is 0 Å². The van der Waals surface area contributed by atoms with Crippen molar-refractivity contribution in [3.63, 3.8) is 0 Å². The van der Waals surface area contributed by atoms with Crippen molar-refractivity contribution >= 4 is 5.69 Å². The zero-order chi connectivity index (χ0) is 14.0. The number of hydrogen-bond acceptors (Lipinski definition) is 3. The number of nitrogen functional groups attached to an aromatic ring is 1. The van der Waals surface area contributed by atoms with Crippen LogP contribution in [0.15, 0.2) is 18.2 Å². The SMILES string of the molecule is CCc1c(C)nn(Cc2cc(N)ccc2OC)c1C. The normalized spacial score (nSPS) is 10.7. The standard InChI is InChI=1S/C15H21N3O/c1-5-14-10(2)17-18(11(14)3)9-12-8-13(16)6-7-15(12)19-4/h6-8H,5,9,16H2,1-4H3. The fourth-order valence-corrected chi connectivity index (χ4v) is 2.48. The second-order valence-electron chi connectivity index (χ2n) is 4.73. The minimum Gasteiger partial charge on any atom is -0.496 e. The molecular weight excluding hydrogens is 238 g/mol. The first-order chi connectivity index (χ1) is 9.06. The van der Waals surface area contributed by atoms with Crippen molar-refractivity contribution in [3.8, 4) is 5.75 Å². The molecule has 0 aliphatic rings. The molecule has 1 aromatic carbocycles. The zero-order valence-corrected chi connectivity index (χ0v) is 12.0. The molecule has 4 heteroatoms. The summed E-state index contributed by atoms with van der Waals surface area (Å²) in [7, 11) is 1.67. The molecule has 0 aliphatic heterocycles. The summed E-state index contributed by atoms with van der Waals surface area (Å²) in [6.45, 7) is 7.00. The molecule has 0 amide bonds. The van der Waals surface area contributed by atoms with Gasteiger partial charge in [-0.2, -0.15) is 5.10 Å². The molecule has 0 bridgehead atoms. The lowest BCUT2D eigenvalue weighted by Crippen LogP contribution is -2.06. The van der Waals surface area contributed by atoms with Crippen LogP contribution in [0, 0.1) is 13.8 Å². The number of methoxy groups -OCH3 is 1. The van der Waals surface area contributed by atoms with E-state index in [1.807, 2.05) is 22.9 Å². The summed E-state index contributed by atoms with van der Waals surface area (Å²) in [5.41, 5.74) is 11.3. The highest BCUT2D eigenvalue weighted by Crippen LogP contribution is 2.23. The predicted molar refractivity (Wildman–Crippen MR) is 77.6 cm³/mol. The fraction of sp³-hybridized carbons (Fsp3) is 0.400. The van der Waals surface area contributed by atoms with Gasteiger partial charge in [0.25, 0.3) is 0 Å². The van der Waals surface area contributed by atoms with Gasteiger partial charge in [0.1, 0.15) is 5.75 Å². The van der Waals surface area contributed by atoms with Crippen LogP contribution in [0.1, 0.15) is 29.4 Å². The molecule has 1 aromatic heterocycles. The molecule has 1 heterocycles. The van der Waals surface area contributed by atoms with E-state index < -0.39 is 0 Å². The van der Waals surface area contributed by atoms with Crippen molar-refractivity contribution in [2.45, 2.75) is 33.7 Å². The average molecular weight is 259 g/mol. The van der Waals surface area contributed by atoms with E-state index in [9.17, 15) is 0 Å². The van der Waals surface area contributed by atoms with Gasteiger partial charge in [-0.25, -0.2) is 0 Å². The minimum absolute atomic E-state index is 0.681. The average Bonchev–Trinajstić information content (AvgIpc) is 2.64. The Balaban J connectivity index is 2.38. The fourth-order valence-electron chi connectivity index (χ4n) is 2.48. The van der Waals surface area contributed by atoms with Crippen molar-refractivity contribution in [1.29, 1.82) is 0 Å². The lowest BCUT2D eigenvalue weighted by atomic mass is 10.1. The van der Waals surface area contributed by atoms with E-state index in [0.717, 1.165) is 29.1 Å². The van der Waals surface area contributed by atoms with Gasteiger partial charge in [-0.3, -0.25) is 4.68 Å². The number of aryl methyl sites for hydroxylation is 1. The van der Waals surface area contributed by atoms with Gasteiger partial charge in [0.15, 0.2) is 0 Å². The second kappa shape index (κ2) is 5.34. The highest BCUT2D eigenvalue weighted by Gasteiger charge is 2.12. The van der Waals surface area contributed by atoms with E-state index in [-0.39, 0.29) is 0 Å². The predicted octanol–water partition coefficient (Wildman–Crippen LogP) is 2.70. The molecule has 0 fully saturated rings. The number of benzene rings is 1. The van der Waals surface area contributed by atoms with Crippen LogP contribution in [-0.2, 0) is 13.0 Å². The summed E-state index contributed by atoms with van der Waals surface area (Å²) in [4.78, 5) is 0. The molecule has 0 atom stereocenters. The van der Waals surface area contributed by atoms with E-state index >= 15 is 0 Å². The van der Waals surface area contributed by atoms with Gasteiger partial charge in [-0.05, 0) is 44.0 Å². The smallest absolute Gasteiger partial charge is 0.124 e. The number of nitrogens with two attached hydrogens (primary N) is 1. The molecule has 2 rings (SSSR count). The highest BCUT2D eigenvalue weighted by atomic mass is 16.5. The summed E-state index contributed by atoms with van der Waals surface area (Å²) in [6, 6.07) is 5.69. The lowest BCUT2D eigenvalue weighted by Gasteiger charge is -2.11. The van der Waals surface area contributed by atoms with Crippen molar-refractivity contribution in [2.75, 3.05) is 12.8 Å². The third kappa shape index (κ3) is 2.57. The van der Waals surface area contributed by atoms with Gasteiger partial charge in [0, 0.05) is 16.9 Å². The zero-order valence-electron chi connectivity index (χ0n) is 12.0. The molecule has 2 N–H and O–H groups in total. The third-order valence-corrected chi connectivity index (χ3v) is 3.51. The van der Waals surface area contributed by atoms with E-state index in [1.54, 1.807) is 7.11 Å². The Morgan fingerprint density at radius 3 is 2.63 bits per heavy atom. The van der Waals surface area contributed by atoms with Crippen molar-refractivity contribution in [1.82, 2.24) is 9.78 Å². The quantitative estimate of drug-likeness (QED) is 0.859. The molecule has 0 aliphatic carbocycles. The summed E-state index contributed by atoms with van der Waals surface area (Å²) in [5.74, 6) is 0.847. The monoisotopic (exact) mass is 259 g/mol. The van der Waals surface area contributed by atoms with Gasteiger partial charge < -0.3 is 10.5 Å². The van der Waals surface area contributed by atoms with Crippen LogP contribution in [0.5, 0.6) is 5.75 Å². The van der Waals surface area contributed by atoms with Crippen LogP contribution in [0.3, 0.4) is 0 Å². The van der Waals surface area contributed by atoms with Gasteiger partial charge >= 0.3 is 0 Å². The van der Waals surface area contributed by atoms with Gasteiger partial charge in [-0.1, -0.05) is 6.92 Å². The summed E-state index contributed by atoms with van der Waals surface area (Å²) in [5, 5.41) is 4.60. The maximum Gasteiger partial charge on any atom is 0.124 e. The molecule has 19 heavy (non-hydrogen) atoms. The van der Waals surface area contributed by atoms with E-state index in [1.165, 1.54) is 11.3 Å². The second-order valence-corrected chi connectivity index (χ2v) is 4.73. The third-order valence-electron chi connectivity index (χ3n) is 3.51. The maximum absolute atomic E-state index is 5.85. The molecule has 0 spiro atoms. The molecule has 4 nitrogen and oxygen atoms in total. The Morgan fingerprint density at radius 2 is 2.05 bits per heavy atom. The summed E-state index contributed by atoms with van der Waals surface area (Å²) < 4.78 is 7.40. The van der Waals surface area contributed by atoms with E-state index in [4.69, 9.17) is 10.5 Å². The van der Waals surface area contributed by atoms with Crippen molar-refractivity contribution in [2.24, 2.45) is 0 Å². The van der Waals surface area contributed by atoms with Gasteiger partial charge in [0.2, 0.25) is 0 Å². The van der Waals surface area contributed by atoms with Crippen LogP contribution < -0.4 is 10.5 Å². The first-order valence-electron chi connectivity index (χ1n) is 6.52. The van der Waals surface area contributed by atoms with Crippen LogP contribution in [0.2, 0.25) is 0 Å². The van der Waals surface area contributed by atoms with Gasteiger partial charge in [-0.15, -0.1) is 0 Å². The van der Waals surface area contributed by atoms with E-state index in [2.05, 4.69) is 25.9 Å². The molecule has 0 saturated heterocycles. The van der Waals surface area contributed by atoms with Crippen molar-refractivity contribution < 1.29 is 4.74 Å². The van der Waals surface area contributed by atoms with Gasteiger partial charge in [0.05, 0.1) is 19.3 Å². The summed E-state index contributed by atoms with van der Waals surface area (Å²) in [6.07, 6.45) is 1.01. The highest BCUT2D eigenvalue weighted by molar-refractivity contribution is 5.48. The Labute approximate surface area is 114 Å². The molecule has 0 unspecified atom stereocenters. The van der Waals surface area contributed by atoms with Crippen molar-refractivity contribution in [3.05, 3.63) is 40.7 Å². The number of anilines is 1. The topological polar surface area (TPSA) is 53.1 Å². The molecule has 0 radical (unpaired) electrons. The molecule has 102 valence electrons. The Hall–Kier alpha value is -1.97. The number of hydrogen-bond donors (Lipinski definition) is 1. The number of rotatable bonds is 4.